The molecule has 0 aliphatic carbocycles. The largest absolute Gasteiger partial charge is 0.493 e. The number of imidazole rings is 1. The van der Waals surface area contributed by atoms with Crippen LogP contribution in [-0.4, -0.2) is 25.9 Å². The molecule has 0 saturated heterocycles. The van der Waals surface area contributed by atoms with Crippen molar-refractivity contribution in [2.45, 2.75) is 6.92 Å². The fraction of sp³-hybridized carbons (Fsp3) is 0.154. The van der Waals surface area contributed by atoms with Crippen LogP contribution in [0.25, 0.3) is 11.6 Å². The minimum absolute atomic E-state index is 0.158. The first-order valence-corrected chi connectivity index (χ1v) is 5.60. The van der Waals surface area contributed by atoms with Crippen molar-refractivity contribution in [1.82, 2.24) is 14.5 Å². The van der Waals surface area contributed by atoms with Gasteiger partial charge in [0.25, 0.3) is 0 Å². The number of hydrogen-bond donors (Lipinski definition) is 1. The van der Waals surface area contributed by atoms with Gasteiger partial charge >= 0.3 is 0 Å². The second-order valence-electron chi connectivity index (χ2n) is 4.16. The Kier molecular flexibility index (Phi) is 2.26. The lowest BCUT2D eigenvalue weighted by Crippen LogP contribution is -1.89. The summed E-state index contributed by atoms with van der Waals surface area (Å²) in [6.45, 7) is 1.85. The summed E-state index contributed by atoms with van der Waals surface area (Å²) in [6, 6.07) is 3.82. The highest BCUT2D eigenvalue weighted by Gasteiger charge is 2.15. The van der Waals surface area contributed by atoms with E-state index in [0.717, 1.165) is 17.0 Å². The van der Waals surface area contributed by atoms with Crippen molar-refractivity contribution in [2.75, 3.05) is 0 Å². The third-order valence-electron chi connectivity index (χ3n) is 3.03. The van der Waals surface area contributed by atoms with Crippen LogP contribution in [0.5, 0.6) is 5.88 Å². The molecule has 0 aromatic carbocycles. The number of aromatic hydroxyl groups is 1. The number of nitrogens with zero attached hydrogens (tertiary/aromatic N) is 4. The molecular weight excluding hydrogens is 228 g/mol. The van der Waals surface area contributed by atoms with Crippen LogP contribution >= 0.6 is 0 Å². The van der Waals surface area contributed by atoms with Gasteiger partial charge in [0.2, 0.25) is 5.88 Å². The summed E-state index contributed by atoms with van der Waals surface area (Å²) in [5, 5.41) is 9.92. The van der Waals surface area contributed by atoms with Gasteiger partial charge in [0, 0.05) is 30.6 Å². The number of aromatic nitrogens is 3. The van der Waals surface area contributed by atoms with Crippen molar-refractivity contribution in [3.63, 3.8) is 0 Å². The van der Waals surface area contributed by atoms with Crippen LogP contribution < -0.4 is 0 Å². The van der Waals surface area contributed by atoms with Crippen molar-refractivity contribution in [3.8, 4) is 5.88 Å². The van der Waals surface area contributed by atoms with Crippen LogP contribution in [0, 0.1) is 6.92 Å². The molecule has 0 atom stereocenters. The Balaban J connectivity index is 2.09. The Morgan fingerprint density at radius 2 is 2.22 bits per heavy atom. The zero-order valence-corrected chi connectivity index (χ0v) is 10.1. The molecule has 3 rings (SSSR count). The fourth-order valence-corrected chi connectivity index (χ4v) is 1.91. The maximum Gasteiger partial charge on any atom is 0.218 e. The minimum atomic E-state index is 0.158. The van der Waals surface area contributed by atoms with E-state index in [2.05, 4.69) is 15.0 Å². The lowest BCUT2D eigenvalue weighted by molar-refractivity contribution is 0.429. The molecule has 1 aliphatic heterocycles. The smallest absolute Gasteiger partial charge is 0.218 e. The van der Waals surface area contributed by atoms with E-state index in [1.165, 1.54) is 0 Å². The zero-order chi connectivity index (χ0) is 12.7. The first kappa shape index (κ1) is 10.7. The van der Waals surface area contributed by atoms with E-state index in [9.17, 15) is 5.11 Å². The Hall–Kier alpha value is -2.43. The minimum Gasteiger partial charge on any atom is -0.493 e. The number of aliphatic imine (C=N–C) groups is 1. The van der Waals surface area contributed by atoms with Gasteiger partial charge in [-0.1, -0.05) is 0 Å². The maximum atomic E-state index is 9.92. The second kappa shape index (κ2) is 3.80. The van der Waals surface area contributed by atoms with E-state index >= 15 is 0 Å². The van der Waals surface area contributed by atoms with E-state index in [1.807, 2.05) is 25.1 Å². The van der Waals surface area contributed by atoms with Gasteiger partial charge < -0.3 is 9.67 Å². The predicted octanol–water partition coefficient (Wildman–Crippen LogP) is 2.09. The van der Waals surface area contributed by atoms with Crippen LogP contribution in [0.2, 0.25) is 0 Å². The predicted molar refractivity (Wildman–Crippen MR) is 69.9 cm³/mol. The highest BCUT2D eigenvalue weighted by Crippen LogP contribution is 2.31. The molecule has 1 aliphatic rings. The molecule has 0 fully saturated rings. The van der Waals surface area contributed by atoms with Crippen molar-refractivity contribution < 1.29 is 5.11 Å². The molecular formula is C13H12N4O. The van der Waals surface area contributed by atoms with E-state index in [0.29, 0.717) is 11.5 Å². The second-order valence-corrected chi connectivity index (χ2v) is 4.16. The van der Waals surface area contributed by atoms with Crippen LogP contribution in [0.4, 0.5) is 5.82 Å². The van der Waals surface area contributed by atoms with Crippen molar-refractivity contribution >= 4 is 23.7 Å². The Labute approximate surface area is 104 Å². The van der Waals surface area contributed by atoms with Crippen LogP contribution in [0.1, 0.15) is 17.1 Å². The number of aryl methyl sites for hydroxylation is 1. The number of rotatable bonds is 1. The number of allylic oxidation sites excluding steroid dienone is 1. The zero-order valence-electron chi connectivity index (χ0n) is 10.1. The van der Waals surface area contributed by atoms with Crippen molar-refractivity contribution in [2.24, 2.45) is 12.0 Å². The molecule has 2 aromatic rings. The third-order valence-corrected chi connectivity index (χ3v) is 3.03. The molecule has 0 radical (unpaired) electrons. The van der Waals surface area contributed by atoms with Gasteiger partial charge in [0.1, 0.15) is 11.5 Å². The molecule has 5 nitrogen and oxygen atoms in total. The van der Waals surface area contributed by atoms with Gasteiger partial charge in [0.15, 0.2) is 5.82 Å². The summed E-state index contributed by atoms with van der Waals surface area (Å²) < 4.78 is 1.64. The third kappa shape index (κ3) is 1.52. The molecule has 0 bridgehead atoms. The van der Waals surface area contributed by atoms with Gasteiger partial charge in [0.05, 0.1) is 0 Å². The maximum absolute atomic E-state index is 9.92. The SMILES string of the molecule is Cc1nc(/C=C2/C=Nc3ncccc32)c(O)n1C. The summed E-state index contributed by atoms with van der Waals surface area (Å²) >= 11 is 0. The first-order valence-electron chi connectivity index (χ1n) is 5.60. The summed E-state index contributed by atoms with van der Waals surface area (Å²) in [4.78, 5) is 12.7. The average molecular weight is 240 g/mol. The summed E-state index contributed by atoms with van der Waals surface area (Å²) in [5.74, 6) is 1.63. The molecule has 90 valence electrons. The molecule has 0 amide bonds. The van der Waals surface area contributed by atoms with Gasteiger partial charge in [-0.05, 0) is 25.1 Å². The molecule has 3 heterocycles. The Bertz CT molecular complexity index is 682. The Morgan fingerprint density at radius 3 is 2.94 bits per heavy atom. The number of fused-ring (bicyclic) bond motifs is 1. The van der Waals surface area contributed by atoms with E-state index < -0.39 is 0 Å². The first-order chi connectivity index (χ1) is 8.66. The van der Waals surface area contributed by atoms with E-state index in [4.69, 9.17) is 0 Å². The lowest BCUT2D eigenvalue weighted by atomic mass is 10.1. The molecule has 0 unspecified atom stereocenters. The highest BCUT2D eigenvalue weighted by molar-refractivity contribution is 6.20. The van der Waals surface area contributed by atoms with E-state index in [1.54, 1.807) is 24.0 Å². The monoisotopic (exact) mass is 240 g/mol. The summed E-state index contributed by atoms with van der Waals surface area (Å²) in [7, 11) is 1.78. The quantitative estimate of drug-likeness (QED) is 0.830. The topological polar surface area (TPSA) is 63.3 Å². The summed E-state index contributed by atoms with van der Waals surface area (Å²) in [5.41, 5.74) is 2.42. The van der Waals surface area contributed by atoms with Gasteiger partial charge in [-0.3, -0.25) is 0 Å². The average Bonchev–Trinajstić information content (AvgIpc) is 2.89. The highest BCUT2D eigenvalue weighted by atomic mass is 16.3. The van der Waals surface area contributed by atoms with Crippen molar-refractivity contribution in [1.29, 1.82) is 0 Å². The van der Waals surface area contributed by atoms with Crippen molar-refractivity contribution in [3.05, 3.63) is 35.4 Å². The molecule has 0 spiro atoms. The Morgan fingerprint density at radius 1 is 1.39 bits per heavy atom. The normalized spacial score (nSPS) is 15.3. The van der Waals surface area contributed by atoms with Crippen LogP contribution in [0.3, 0.4) is 0 Å². The molecule has 18 heavy (non-hydrogen) atoms. The van der Waals surface area contributed by atoms with Crippen LogP contribution in [-0.2, 0) is 7.05 Å². The van der Waals surface area contributed by atoms with E-state index in [-0.39, 0.29) is 5.88 Å². The van der Waals surface area contributed by atoms with Crippen LogP contribution in [0.15, 0.2) is 23.3 Å². The molecule has 2 aromatic heterocycles. The van der Waals surface area contributed by atoms with Gasteiger partial charge in [-0.25, -0.2) is 15.0 Å². The molecule has 1 N–H and O–H groups in total. The lowest BCUT2D eigenvalue weighted by Gasteiger charge is -1.97. The number of pyridine rings is 1. The molecule has 5 heteroatoms. The summed E-state index contributed by atoms with van der Waals surface area (Å²) in [6.07, 6.45) is 5.27. The fourth-order valence-electron chi connectivity index (χ4n) is 1.91. The molecule has 0 saturated carbocycles. The van der Waals surface area contributed by atoms with Gasteiger partial charge in [-0.15, -0.1) is 0 Å². The van der Waals surface area contributed by atoms with Gasteiger partial charge in [-0.2, -0.15) is 0 Å². The standard InChI is InChI=1S/C13H12N4O/c1-8-16-11(13(18)17(8)2)6-9-7-15-12-10(9)4-3-5-14-12/h3-7,18H,1-2H3/b9-6-. The number of hydrogen-bond acceptors (Lipinski definition) is 4.